The van der Waals surface area contributed by atoms with Crippen molar-refractivity contribution >= 4 is 16.1 Å². The zero-order chi connectivity index (χ0) is 19.9. The second-order valence-corrected chi connectivity index (χ2v) is 8.72. The average Bonchev–Trinajstić information content (AvgIpc) is 2.65. The van der Waals surface area contributed by atoms with Gasteiger partial charge in [0.15, 0.2) is 0 Å². The van der Waals surface area contributed by atoms with Crippen molar-refractivity contribution in [2.45, 2.75) is 25.3 Å². The van der Waals surface area contributed by atoms with E-state index in [0.717, 1.165) is 5.56 Å². The number of nitrogens with one attached hydrogen (secondary N) is 1. The molecule has 0 aliphatic carbocycles. The van der Waals surface area contributed by atoms with E-state index in [1.165, 1.54) is 22.7 Å². The van der Waals surface area contributed by atoms with Crippen molar-refractivity contribution in [3.63, 3.8) is 0 Å². The minimum atomic E-state index is -3.56. The standard InChI is InChI=1S/C18H29N3O5S/c1-20(2)27(23,24)21(16-7-11-26-12-8-16)10-9-19-18(22)14-15-5-4-6-17(13-15)25-3/h4-6,13,16H,7-12,14H2,1-3H3,(H,19,22). The van der Waals surface area contributed by atoms with Crippen LogP contribution in [0.25, 0.3) is 0 Å². The number of amides is 1. The van der Waals surface area contributed by atoms with E-state index in [-0.39, 0.29) is 31.5 Å². The fraction of sp³-hybridized carbons (Fsp3) is 0.611. The van der Waals surface area contributed by atoms with Gasteiger partial charge in [-0.3, -0.25) is 4.79 Å². The maximum Gasteiger partial charge on any atom is 0.281 e. The molecule has 1 aromatic carbocycles. The summed E-state index contributed by atoms with van der Waals surface area (Å²) >= 11 is 0. The molecule has 0 saturated carbocycles. The molecule has 9 heteroatoms. The molecule has 1 aliphatic heterocycles. The number of hydrogen-bond donors (Lipinski definition) is 1. The van der Waals surface area contributed by atoms with E-state index in [4.69, 9.17) is 9.47 Å². The second kappa shape index (κ2) is 10.0. The lowest BCUT2D eigenvalue weighted by Crippen LogP contribution is -2.50. The number of nitrogens with zero attached hydrogens (tertiary/aromatic N) is 2. The summed E-state index contributed by atoms with van der Waals surface area (Å²) in [6, 6.07) is 7.20. The summed E-state index contributed by atoms with van der Waals surface area (Å²) in [5.41, 5.74) is 0.842. The van der Waals surface area contributed by atoms with Crippen LogP contribution in [0.15, 0.2) is 24.3 Å². The van der Waals surface area contributed by atoms with Gasteiger partial charge in [0, 0.05) is 46.4 Å². The Morgan fingerprint density at radius 3 is 2.63 bits per heavy atom. The Bertz CT molecular complexity index is 717. The van der Waals surface area contributed by atoms with E-state index in [1.807, 2.05) is 24.3 Å². The molecule has 1 aromatic rings. The van der Waals surface area contributed by atoms with E-state index in [1.54, 1.807) is 7.11 Å². The maximum atomic E-state index is 12.7. The summed E-state index contributed by atoms with van der Waals surface area (Å²) in [6.45, 7) is 1.58. The summed E-state index contributed by atoms with van der Waals surface area (Å²) in [5, 5.41) is 2.81. The fourth-order valence-electron chi connectivity index (χ4n) is 3.01. The molecule has 1 amide bonds. The highest BCUT2D eigenvalue weighted by Crippen LogP contribution is 2.19. The Morgan fingerprint density at radius 2 is 2.00 bits per heavy atom. The van der Waals surface area contributed by atoms with Gasteiger partial charge < -0.3 is 14.8 Å². The molecule has 1 fully saturated rings. The molecule has 1 N–H and O–H groups in total. The summed E-state index contributed by atoms with van der Waals surface area (Å²) in [4.78, 5) is 12.2. The van der Waals surface area contributed by atoms with Crippen molar-refractivity contribution in [2.75, 3.05) is 47.5 Å². The van der Waals surface area contributed by atoms with Crippen LogP contribution in [0.2, 0.25) is 0 Å². The van der Waals surface area contributed by atoms with E-state index in [2.05, 4.69) is 5.32 Å². The molecule has 0 atom stereocenters. The van der Waals surface area contributed by atoms with Crippen LogP contribution in [0.3, 0.4) is 0 Å². The number of carbonyl (C=O) groups excluding carboxylic acids is 1. The van der Waals surface area contributed by atoms with Crippen molar-refractivity contribution in [1.29, 1.82) is 0 Å². The van der Waals surface area contributed by atoms with Gasteiger partial charge in [0.2, 0.25) is 5.91 Å². The fourth-order valence-corrected chi connectivity index (χ4v) is 4.33. The van der Waals surface area contributed by atoms with Crippen LogP contribution in [-0.4, -0.2) is 76.5 Å². The quantitative estimate of drug-likeness (QED) is 0.658. The third-order valence-electron chi connectivity index (χ3n) is 4.51. The second-order valence-electron chi connectivity index (χ2n) is 6.62. The molecule has 0 bridgehead atoms. The highest BCUT2D eigenvalue weighted by Gasteiger charge is 2.32. The van der Waals surface area contributed by atoms with Gasteiger partial charge in [0.25, 0.3) is 10.2 Å². The minimum Gasteiger partial charge on any atom is -0.497 e. The van der Waals surface area contributed by atoms with Crippen molar-refractivity contribution < 1.29 is 22.7 Å². The topological polar surface area (TPSA) is 88.2 Å². The zero-order valence-corrected chi connectivity index (χ0v) is 17.0. The number of rotatable bonds is 9. The van der Waals surface area contributed by atoms with Crippen molar-refractivity contribution in [1.82, 2.24) is 13.9 Å². The first-order valence-corrected chi connectivity index (χ1v) is 10.4. The van der Waals surface area contributed by atoms with Gasteiger partial charge in [-0.25, -0.2) is 0 Å². The van der Waals surface area contributed by atoms with Crippen molar-refractivity contribution in [3.8, 4) is 5.75 Å². The maximum absolute atomic E-state index is 12.7. The Hall–Kier alpha value is -1.68. The molecule has 27 heavy (non-hydrogen) atoms. The van der Waals surface area contributed by atoms with Gasteiger partial charge in [-0.15, -0.1) is 0 Å². The van der Waals surface area contributed by atoms with Gasteiger partial charge in [-0.05, 0) is 30.5 Å². The molecule has 2 rings (SSSR count). The van der Waals surface area contributed by atoms with Gasteiger partial charge >= 0.3 is 0 Å². The Kier molecular flexibility index (Phi) is 8.03. The molecule has 0 radical (unpaired) electrons. The van der Waals surface area contributed by atoms with Crippen LogP contribution in [0.4, 0.5) is 0 Å². The third kappa shape index (κ3) is 6.17. The molecule has 152 valence electrons. The molecule has 1 aliphatic rings. The number of carbonyl (C=O) groups is 1. The smallest absolute Gasteiger partial charge is 0.281 e. The molecule has 0 spiro atoms. The Balaban J connectivity index is 1.93. The zero-order valence-electron chi connectivity index (χ0n) is 16.2. The van der Waals surface area contributed by atoms with Gasteiger partial charge in [0.1, 0.15) is 5.75 Å². The van der Waals surface area contributed by atoms with Crippen LogP contribution >= 0.6 is 0 Å². The SMILES string of the molecule is COc1cccc(CC(=O)NCCN(C2CCOCC2)S(=O)(=O)N(C)C)c1. The first-order valence-electron chi connectivity index (χ1n) is 9.01. The lowest BCUT2D eigenvalue weighted by Gasteiger charge is -2.34. The lowest BCUT2D eigenvalue weighted by molar-refractivity contribution is -0.120. The molecule has 0 unspecified atom stereocenters. The summed E-state index contributed by atoms with van der Waals surface area (Å²) in [6.07, 6.45) is 1.53. The predicted octanol–water partition coefficient (Wildman–Crippen LogP) is 0.641. The molecule has 1 saturated heterocycles. The number of hydrogen-bond acceptors (Lipinski definition) is 5. The molecule has 8 nitrogen and oxygen atoms in total. The molecule has 0 aromatic heterocycles. The minimum absolute atomic E-state index is 0.110. The van der Waals surface area contributed by atoms with Crippen LogP contribution in [0.5, 0.6) is 5.75 Å². The van der Waals surface area contributed by atoms with Gasteiger partial charge in [-0.2, -0.15) is 17.0 Å². The monoisotopic (exact) mass is 399 g/mol. The first-order chi connectivity index (χ1) is 12.8. The van der Waals surface area contributed by atoms with E-state index in [0.29, 0.717) is 31.8 Å². The average molecular weight is 400 g/mol. The Labute approximate surface area is 161 Å². The number of benzene rings is 1. The highest BCUT2D eigenvalue weighted by atomic mass is 32.2. The summed E-state index contributed by atoms with van der Waals surface area (Å²) < 4.78 is 38.5. The Morgan fingerprint density at radius 1 is 1.30 bits per heavy atom. The summed E-state index contributed by atoms with van der Waals surface area (Å²) in [7, 11) is 1.05. The highest BCUT2D eigenvalue weighted by molar-refractivity contribution is 7.86. The lowest BCUT2D eigenvalue weighted by atomic mass is 10.1. The molecular weight excluding hydrogens is 370 g/mol. The van der Waals surface area contributed by atoms with Crippen molar-refractivity contribution in [2.24, 2.45) is 0 Å². The van der Waals surface area contributed by atoms with Crippen LogP contribution in [0, 0.1) is 0 Å². The van der Waals surface area contributed by atoms with Crippen LogP contribution in [-0.2, 0) is 26.2 Å². The largest absolute Gasteiger partial charge is 0.497 e. The van der Waals surface area contributed by atoms with Crippen molar-refractivity contribution in [3.05, 3.63) is 29.8 Å². The number of ether oxygens (including phenoxy) is 2. The predicted molar refractivity (Wildman–Crippen MR) is 103 cm³/mol. The molecular formula is C18H29N3O5S. The molecule has 1 heterocycles. The normalized spacial score (nSPS) is 15.9. The van der Waals surface area contributed by atoms with E-state index >= 15 is 0 Å². The van der Waals surface area contributed by atoms with Crippen LogP contribution < -0.4 is 10.1 Å². The van der Waals surface area contributed by atoms with Gasteiger partial charge in [-0.1, -0.05) is 12.1 Å². The third-order valence-corrected chi connectivity index (χ3v) is 6.51. The van der Waals surface area contributed by atoms with E-state index in [9.17, 15) is 13.2 Å². The van der Waals surface area contributed by atoms with Crippen LogP contribution in [0.1, 0.15) is 18.4 Å². The van der Waals surface area contributed by atoms with E-state index < -0.39 is 10.2 Å². The first kappa shape index (κ1) is 21.6. The van der Waals surface area contributed by atoms with Gasteiger partial charge in [0.05, 0.1) is 13.5 Å². The summed E-state index contributed by atoms with van der Waals surface area (Å²) in [5.74, 6) is 0.542. The number of methoxy groups -OCH3 is 1.